The van der Waals surface area contributed by atoms with Crippen LogP contribution in [-0.2, 0) is 4.79 Å². The van der Waals surface area contributed by atoms with Crippen molar-refractivity contribution in [1.29, 1.82) is 0 Å². The van der Waals surface area contributed by atoms with Crippen LogP contribution in [0.3, 0.4) is 0 Å². The molecule has 0 radical (unpaired) electrons. The third kappa shape index (κ3) is 2.80. The number of aliphatic carboxylic acids is 1. The predicted molar refractivity (Wildman–Crippen MR) is 57.6 cm³/mol. The molecule has 0 amide bonds. The molecule has 0 fully saturated rings. The number of aliphatic imine (C=N–C) groups is 1. The van der Waals surface area contributed by atoms with Gasteiger partial charge in [-0.05, 0) is 25.5 Å². The van der Waals surface area contributed by atoms with Crippen molar-refractivity contribution in [3.8, 4) is 5.75 Å². The number of aromatic hydroxyl groups is 1. The number of phenols is 1. The summed E-state index contributed by atoms with van der Waals surface area (Å²) in [6.45, 7) is 3.18. The van der Waals surface area contributed by atoms with Crippen molar-refractivity contribution in [2.75, 3.05) is 6.54 Å². The minimum Gasteiger partial charge on any atom is -0.507 e. The Morgan fingerprint density at radius 2 is 2.13 bits per heavy atom. The fourth-order valence-electron chi connectivity index (χ4n) is 1.22. The zero-order valence-corrected chi connectivity index (χ0v) is 8.69. The van der Waals surface area contributed by atoms with E-state index in [4.69, 9.17) is 5.11 Å². The van der Waals surface area contributed by atoms with Crippen LogP contribution in [0.4, 0.5) is 0 Å². The molecule has 0 aliphatic carbocycles. The number of aryl methyl sites for hydroxylation is 1. The first-order valence-electron chi connectivity index (χ1n) is 4.54. The van der Waals surface area contributed by atoms with Crippen molar-refractivity contribution in [1.82, 2.24) is 0 Å². The minimum atomic E-state index is -0.985. The van der Waals surface area contributed by atoms with E-state index in [1.807, 2.05) is 0 Å². The number of nitrogens with zero attached hydrogens (tertiary/aromatic N) is 1. The molecular weight excluding hydrogens is 194 g/mol. The lowest BCUT2D eigenvalue weighted by molar-refractivity contribution is -0.135. The molecule has 0 unspecified atom stereocenters. The topological polar surface area (TPSA) is 69.9 Å². The number of benzene rings is 1. The summed E-state index contributed by atoms with van der Waals surface area (Å²) >= 11 is 0. The summed E-state index contributed by atoms with van der Waals surface area (Å²) in [6, 6.07) is 5.29. The Morgan fingerprint density at radius 3 is 2.73 bits per heavy atom. The lowest BCUT2D eigenvalue weighted by Crippen LogP contribution is -2.04. The highest BCUT2D eigenvalue weighted by atomic mass is 16.4. The van der Waals surface area contributed by atoms with Gasteiger partial charge in [0.2, 0.25) is 0 Å². The fourth-order valence-corrected chi connectivity index (χ4v) is 1.22. The van der Waals surface area contributed by atoms with Crippen LogP contribution in [0, 0.1) is 6.92 Å². The van der Waals surface area contributed by atoms with Crippen molar-refractivity contribution < 1.29 is 15.0 Å². The Morgan fingerprint density at radius 1 is 1.47 bits per heavy atom. The molecule has 15 heavy (non-hydrogen) atoms. The van der Waals surface area contributed by atoms with Gasteiger partial charge in [0, 0.05) is 11.3 Å². The second kappa shape index (κ2) is 4.59. The molecule has 0 aliphatic rings. The van der Waals surface area contributed by atoms with Gasteiger partial charge in [0.1, 0.15) is 12.3 Å². The van der Waals surface area contributed by atoms with Gasteiger partial charge >= 0.3 is 5.97 Å². The highest BCUT2D eigenvalue weighted by Crippen LogP contribution is 2.21. The van der Waals surface area contributed by atoms with Crippen LogP contribution in [0.5, 0.6) is 5.75 Å². The van der Waals surface area contributed by atoms with Crippen LogP contribution in [0.15, 0.2) is 23.2 Å². The summed E-state index contributed by atoms with van der Waals surface area (Å²) in [5.74, 6) is -0.828. The number of hydrogen-bond acceptors (Lipinski definition) is 3. The molecule has 2 N–H and O–H groups in total. The average Bonchev–Trinajstić information content (AvgIpc) is 2.18. The van der Waals surface area contributed by atoms with Gasteiger partial charge in [-0.2, -0.15) is 0 Å². The van der Waals surface area contributed by atoms with E-state index in [1.165, 1.54) is 0 Å². The van der Waals surface area contributed by atoms with Gasteiger partial charge in [-0.3, -0.25) is 9.79 Å². The maximum absolute atomic E-state index is 10.3. The molecule has 4 heteroatoms. The summed E-state index contributed by atoms with van der Waals surface area (Å²) < 4.78 is 0. The first-order valence-corrected chi connectivity index (χ1v) is 4.54. The Hall–Kier alpha value is -1.84. The second-order valence-corrected chi connectivity index (χ2v) is 3.27. The third-order valence-corrected chi connectivity index (χ3v) is 2.08. The zero-order chi connectivity index (χ0) is 11.4. The number of rotatable bonds is 3. The molecule has 0 aromatic heterocycles. The molecule has 0 aliphatic heterocycles. The van der Waals surface area contributed by atoms with Crippen LogP contribution in [-0.4, -0.2) is 28.4 Å². The molecular formula is C11H13NO3. The molecule has 1 aromatic rings. The number of para-hydroxylation sites is 1. The van der Waals surface area contributed by atoms with Crippen LogP contribution < -0.4 is 0 Å². The maximum atomic E-state index is 10.3. The number of carboxylic acids is 1. The van der Waals surface area contributed by atoms with Crippen LogP contribution in [0.1, 0.15) is 18.1 Å². The summed E-state index contributed by atoms with van der Waals surface area (Å²) in [4.78, 5) is 14.2. The molecule has 0 bridgehead atoms. The Labute approximate surface area is 87.9 Å². The Kier molecular flexibility index (Phi) is 3.44. The van der Waals surface area contributed by atoms with Gasteiger partial charge in [-0.25, -0.2) is 0 Å². The molecule has 0 saturated heterocycles. The Balaban J connectivity index is 3.00. The van der Waals surface area contributed by atoms with E-state index in [0.717, 1.165) is 5.56 Å². The van der Waals surface area contributed by atoms with Crippen molar-refractivity contribution in [2.45, 2.75) is 13.8 Å². The molecule has 1 rings (SSSR count). The van der Waals surface area contributed by atoms with E-state index < -0.39 is 5.97 Å². The zero-order valence-electron chi connectivity index (χ0n) is 8.69. The molecule has 0 spiro atoms. The molecule has 4 nitrogen and oxygen atoms in total. The minimum absolute atomic E-state index is 0.157. The number of carboxylic acid groups (broad SMARTS) is 1. The van der Waals surface area contributed by atoms with Crippen molar-refractivity contribution in [3.05, 3.63) is 29.3 Å². The third-order valence-electron chi connectivity index (χ3n) is 2.08. The van der Waals surface area contributed by atoms with Gasteiger partial charge in [-0.1, -0.05) is 12.1 Å². The fraction of sp³-hybridized carbons (Fsp3) is 0.273. The quantitative estimate of drug-likeness (QED) is 0.739. The van der Waals surface area contributed by atoms with Gasteiger partial charge in [-0.15, -0.1) is 0 Å². The van der Waals surface area contributed by atoms with Crippen molar-refractivity contribution >= 4 is 11.7 Å². The summed E-state index contributed by atoms with van der Waals surface area (Å²) in [5, 5.41) is 18.2. The summed E-state index contributed by atoms with van der Waals surface area (Å²) in [5.41, 5.74) is 1.85. The monoisotopic (exact) mass is 207 g/mol. The molecule has 0 atom stereocenters. The SMILES string of the molecule is CC(=NCC(=O)O)c1cccc(C)c1O. The number of carbonyl (C=O) groups is 1. The van der Waals surface area contributed by atoms with Crippen LogP contribution in [0.2, 0.25) is 0 Å². The highest BCUT2D eigenvalue weighted by molar-refractivity contribution is 6.02. The van der Waals surface area contributed by atoms with Crippen LogP contribution in [0.25, 0.3) is 0 Å². The molecule has 0 heterocycles. The van der Waals surface area contributed by atoms with Crippen molar-refractivity contribution in [2.24, 2.45) is 4.99 Å². The van der Waals surface area contributed by atoms with Crippen LogP contribution >= 0.6 is 0 Å². The second-order valence-electron chi connectivity index (χ2n) is 3.27. The van der Waals surface area contributed by atoms with E-state index in [2.05, 4.69) is 4.99 Å². The first-order chi connectivity index (χ1) is 7.02. The van der Waals surface area contributed by atoms with Gasteiger partial charge in [0.15, 0.2) is 0 Å². The molecule has 0 saturated carbocycles. The predicted octanol–water partition coefficient (Wildman–Crippen LogP) is 1.59. The molecule has 1 aromatic carbocycles. The maximum Gasteiger partial charge on any atom is 0.325 e. The number of phenolic OH excluding ortho intramolecular Hbond substituents is 1. The first kappa shape index (κ1) is 11.2. The van der Waals surface area contributed by atoms with Gasteiger partial charge in [0.05, 0.1) is 0 Å². The summed E-state index contributed by atoms with van der Waals surface area (Å²) in [7, 11) is 0. The van der Waals surface area contributed by atoms with Crippen molar-refractivity contribution in [3.63, 3.8) is 0 Å². The van der Waals surface area contributed by atoms with E-state index in [1.54, 1.807) is 32.0 Å². The van der Waals surface area contributed by atoms with E-state index in [-0.39, 0.29) is 12.3 Å². The van der Waals surface area contributed by atoms with E-state index >= 15 is 0 Å². The van der Waals surface area contributed by atoms with Gasteiger partial charge in [0.25, 0.3) is 0 Å². The summed E-state index contributed by atoms with van der Waals surface area (Å²) in [6.07, 6.45) is 0. The standard InChI is InChI=1S/C11H13NO3/c1-7-4-3-5-9(11(7)15)8(2)12-6-10(13)14/h3-5,15H,6H2,1-2H3,(H,13,14). The average molecular weight is 207 g/mol. The van der Waals surface area contributed by atoms with Gasteiger partial charge < -0.3 is 10.2 Å². The lowest BCUT2D eigenvalue weighted by atomic mass is 10.1. The normalized spacial score (nSPS) is 11.5. The lowest BCUT2D eigenvalue weighted by Gasteiger charge is -2.05. The largest absolute Gasteiger partial charge is 0.507 e. The van der Waals surface area contributed by atoms with E-state index in [9.17, 15) is 9.90 Å². The Bertz CT molecular complexity index is 410. The smallest absolute Gasteiger partial charge is 0.325 e. The number of hydrogen-bond donors (Lipinski definition) is 2. The highest BCUT2D eigenvalue weighted by Gasteiger charge is 2.06. The van der Waals surface area contributed by atoms with E-state index in [0.29, 0.717) is 11.3 Å². The molecule has 80 valence electrons.